The van der Waals surface area contributed by atoms with Crippen molar-refractivity contribution < 1.29 is 0 Å². The maximum atomic E-state index is 3.93. The van der Waals surface area contributed by atoms with Gasteiger partial charge in [-0.05, 0) is 54.9 Å². The van der Waals surface area contributed by atoms with Crippen LogP contribution in [0.3, 0.4) is 0 Å². The standard InChI is InChI=1S/C19H21N/c1-19(2,13-11-12-13)20-18-16-9-5-3-7-14(16)15-8-4-6-10-17(15)18/h3-10,13,18,20H,11-12H2,1-2H3. The molecule has 0 bridgehead atoms. The van der Waals surface area contributed by atoms with Gasteiger partial charge in [0.15, 0.2) is 0 Å². The largest absolute Gasteiger partial charge is 0.301 e. The highest BCUT2D eigenvalue weighted by molar-refractivity contribution is 5.78. The van der Waals surface area contributed by atoms with Crippen LogP contribution in [0.15, 0.2) is 48.5 Å². The van der Waals surface area contributed by atoms with Crippen LogP contribution >= 0.6 is 0 Å². The molecular weight excluding hydrogens is 242 g/mol. The Bertz CT molecular complexity index is 607. The lowest BCUT2D eigenvalue weighted by Crippen LogP contribution is -2.43. The zero-order valence-electron chi connectivity index (χ0n) is 12.2. The zero-order chi connectivity index (χ0) is 13.7. The summed E-state index contributed by atoms with van der Waals surface area (Å²) in [6.45, 7) is 4.71. The minimum atomic E-state index is 0.217. The molecule has 102 valence electrons. The molecule has 2 aromatic rings. The molecule has 0 spiro atoms. The number of rotatable bonds is 3. The number of hydrogen-bond acceptors (Lipinski definition) is 1. The third kappa shape index (κ3) is 1.81. The number of fused-ring (bicyclic) bond motifs is 3. The molecule has 0 amide bonds. The van der Waals surface area contributed by atoms with E-state index in [0.717, 1.165) is 5.92 Å². The Balaban J connectivity index is 1.79. The molecule has 0 aliphatic heterocycles. The van der Waals surface area contributed by atoms with E-state index in [-0.39, 0.29) is 5.54 Å². The predicted molar refractivity (Wildman–Crippen MR) is 83.7 cm³/mol. The molecule has 2 aromatic carbocycles. The minimum absolute atomic E-state index is 0.217. The Kier molecular flexibility index (Phi) is 2.55. The van der Waals surface area contributed by atoms with E-state index in [1.807, 2.05) is 0 Å². The molecule has 1 heteroatoms. The van der Waals surface area contributed by atoms with E-state index < -0.39 is 0 Å². The summed E-state index contributed by atoms with van der Waals surface area (Å²) in [7, 11) is 0. The molecule has 1 saturated carbocycles. The van der Waals surface area contributed by atoms with Gasteiger partial charge in [0.2, 0.25) is 0 Å². The first-order valence-electron chi connectivity index (χ1n) is 7.63. The van der Waals surface area contributed by atoms with Gasteiger partial charge in [0.1, 0.15) is 0 Å². The van der Waals surface area contributed by atoms with Gasteiger partial charge in [-0.3, -0.25) is 0 Å². The van der Waals surface area contributed by atoms with Gasteiger partial charge in [-0.2, -0.15) is 0 Å². The molecule has 0 heterocycles. The van der Waals surface area contributed by atoms with Crippen LogP contribution in [0.2, 0.25) is 0 Å². The van der Waals surface area contributed by atoms with Gasteiger partial charge in [0.05, 0.1) is 6.04 Å². The molecule has 1 fully saturated rings. The Morgan fingerprint density at radius 3 is 1.85 bits per heavy atom. The van der Waals surface area contributed by atoms with Crippen molar-refractivity contribution in [1.82, 2.24) is 5.32 Å². The van der Waals surface area contributed by atoms with Crippen molar-refractivity contribution in [2.45, 2.75) is 38.3 Å². The van der Waals surface area contributed by atoms with Crippen molar-refractivity contribution in [2.75, 3.05) is 0 Å². The summed E-state index contributed by atoms with van der Waals surface area (Å²) in [6.07, 6.45) is 2.74. The van der Waals surface area contributed by atoms with Crippen molar-refractivity contribution in [2.24, 2.45) is 5.92 Å². The minimum Gasteiger partial charge on any atom is -0.301 e. The molecule has 1 nitrogen and oxygen atoms in total. The molecule has 0 unspecified atom stereocenters. The van der Waals surface area contributed by atoms with Crippen molar-refractivity contribution >= 4 is 0 Å². The molecule has 2 aliphatic carbocycles. The van der Waals surface area contributed by atoms with Crippen LogP contribution in [0.4, 0.5) is 0 Å². The fourth-order valence-electron chi connectivity index (χ4n) is 3.61. The van der Waals surface area contributed by atoms with Crippen LogP contribution in [-0.2, 0) is 0 Å². The van der Waals surface area contributed by atoms with E-state index in [0.29, 0.717) is 6.04 Å². The average Bonchev–Trinajstić information content (AvgIpc) is 3.27. The average molecular weight is 263 g/mol. The van der Waals surface area contributed by atoms with E-state index in [1.165, 1.54) is 35.1 Å². The smallest absolute Gasteiger partial charge is 0.0593 e. The van der Waals surface area contributed by atoms with Crippen molar-refractivity contribution in [1.29, 1.82) is 0 Å². The van der Waals surface area contributed by atoms with Gasteiger partial charge in [-0.15, -0.1) is 0 Å². The zero-order valence-corrected chi connectivity index (χ0v) is 12.2. The molecule has 0 atom stereocenters. The van der Waals surface area contributed by atoms with Crippen LogP contribution in [-0.4, -0.2) is 5.54 Å². The summed E-state index contributed by atoms with van der Waals surface area (Å²) < 4.78 is 0. The van der Waals surface area contributed by atoms with Crippen LogP contribution < -0.4 is 5.32 Å². The quantitative estimate of drug-likeness (QED) is 0.857. The van der Waals surface area contributed by atoms with Gasteiger partial charge in [-0.1, -0.05) is 48.5 Å². The molecule has 0 aromatic heterocycles. The second kappa shape index (κ2) is 4.20. The van der Waals surface area contributed by atoms with E-state index in [9.17, 15) is 0 Å². The lowest BCUT2D eigenvalue weighted by atomic mass is 9.94. The fraction of sp³-hybridized carbons (Fsp3) is 0.368. The fourth-order valence-corrected chi connectivity index (χ4v) is 3.61. The number of nitrogens with one attached hydrogen (secondary N) is 1. The van der Waals surface area contributed by atoms with Gasteiger partial charge >= 0.3 is 0 Å². The maximum absolute atomic E-state index is 3.93. The number of benzene rings is 2. The molecule has 0 radical (unpaired) electrons. The van der Waals surface area contributed by atoms with Crippen LogP contribution in [0.5, 0.6) is 0 Å². The second-order valence-electron chi connectivity index (χ2n) is 6.75. The van der Waals surface area contributed by atoms with Gasteiger partial charge in [0, 0.05) is 5.54 Å². The first-order valence-corrected chi connectivity index (χ1v) is 7.63. The lowest BCUT2D eigenvalue weighted by molar-refractivity contribution is 0.319. The topological polar surface area (TPSA) is 12.0 Å². The van der Waals surface area contributed by atoms with E-state index in [1.54, 1.807) is 0 Å². The molecular formula is C19H21N. The van der Waals surface area contributed by atoms with Crippen LogP contribution in [0.1, 0.15) is 43.9 Å². The first kappa shape index (κ1) is 12.2. The third-order valence-corrected chi connectivity index (χ3v) is 4.95. The summed E-state index contributed by atoms with van der Waals surface area (Å²) in [4.78, 5) is 0. The second-order valence-corrected chi connectivity index (χ2v) is 6.75. The molecule has 2 aliphatic rings. The molecule has 4 rings (SSSR count). The highest BCUT2D eigenvalue weighted by atomic mass is 15.0. The third-order valence-electron chi connectivity index (χ3n) is 4.95. The summed E-state index contributed by atoms with van der Waals surface area (Å²) >= 11 is 0. The Morgan fingerprint density at radius 2 is 1.35 bits per heavy atom. The van der Waals surface area contributed by atoms with Gasteiger partial charge in [0.25, 0.3) is 0 Å². The number of hydrogen-bond donors (Lipinski definition) is 1. The Hall–Kier alpha value is -1.60. The summed E-state index contributed by atoms with van der Waals surface area (Å²) in [6, 6.07) is 18.0. The summed E-state index contributed by atoms with van der Waals surface area (Å²) in [5, 5.41) is 3.93. The van der Waals surface area contributed by atoms with Crippen LogP contribution in [0.25, 0.3) is 11.1 Å². The predicted octanol–water partition coefficient (Wildman–Crippen LogP) is 4.53. The molecule has 20 heavy (non-hydrogen) atoms. The molecule has 0 saturated heterocycles. The monoisotopic (exact) mass is 263 g/mol. The summed E-state index contributed by atoms with van der Waals surface area (Å²) in [5.41, 5.74) is 5.87. The van der Waals surface area contributed by atoms with Gasteiger partial charge < -0.3 is 5.32 Å². The molecule has 1 N–H and O–H groups in total. The summed E-state index contributed by atoms with van der Waals surface area (Å²) in [5.74, 6) is 0.836. The SMILES string of the molecule is CC(C)(NC1c2ccccc2-c2ccccc21)C1CC1. The van der Waals surface area contributed by atoms with Crippen molar-refractivity contribution in [3.05, 3.63) is 59.7 Å². The van der Waals surface area contributed by atoms with E-state index >= 15 is 0 Å². The van der Waals surface area contributed by atoms with Crippen LogP contribution in [0, 0.1) is 5.92 Å². The van der Waals surface area contributed by atoms with E-state index in [4.69, 9.17) is 0 Å². The highest BCUT2D eigenvalue weighted by Crippen LogP contribution is 2.46. The first-order chi connectivity index (χ1) is 9.67. The van der Waals surface area contributed by atoms with Gasteiger partial charge in [-0.25, -0.2) is 0 Å². The normalized spacial score (nSPS) is 17.9. The lowest BCUT2D eigenvalue weighted by Gasteiger charge is -2.31. The van der Waals surface area contributed by atoms with Crippen molar-refractivity contribution in [3.8, 4) is 11.1 Å². The van der Waals surface area contributed by atoms with Crippen molar-refractivity contribution in [3.63, 3.8) is 0 Å². The highest BCUT2D eigenvalue weighted by Gasteiger charge is 2.41. The maximum Gasteiger partial charge on any atom is 0.0593 e. The Morgan fingerprint density at radius 1 is 0.850 bits per heavy atom. The van der Waals surface area contributed by atoms with E-state index in [2.05, 4.69) is 67.7 Å². The Labute approximate surface area is 121 Å².